The van der Waals surface area contributed by atoms with Crippen molar-refractivity contribution in [1.29, 1.82) is 5.26 Å². The Kier molecular flexibility index (Phi) is 5.83. The number of rotatable bonds is 5. The lowest BCUT2D eigenvalue weighted by Gasteiger charge is -2.11. The molecule has 0 atom stereocenters. The number of hydrogen-bond acceptors (Lipinski definition) is 4. The predicted molar refractivity (Wildman–Crippen MR) is 107 cm³/mol. The SMILES string of the molecule is Cc1ccccc1NC(=O)COC(=O)c1ccccc1-c1ccccc1C#N. The second-order valence-electron chi connectivity index (χ2n) is 6.14. The van der Waals surface area contributed by atoms with E-state index in [2.05, 4.69) is 11.4 Å². The van der Waals surface area contributed by atoms with Crippen LogP contribution < -0.4 is 5.32 Å². The highest BCUT2D eigenvalue weighted by Crippen LogP contribution is 2.27. The Morgan fingerprint density at radius 2 is 1.57 bits per heavy atom. The van der Waals surface area contributed by atoms with Crippen LogP contribution in [-0.2, 0) is 9.53 Å². The molecule has 5 heteroatoms. The number of nitrogens with one attached hydrogen (secondary N) is 1. The molecule has 0 radical (unpaired) electrons. The van der Waals surface area contributed by atoms with Crippen LogP contribution in [0.3, 0.4) is 0 Å². The van der Waals surface area contributed by atoms with Gasteiger partial charge in [-0.25, -0.2) is 4.79 Å². The maximum Gasteiger partial charge on any atom is 0.339 e. The van der Waals surface area contributed by atoms with Gasteiger partial charge in [0.05, 0.1) is 17.2 Å². The number of nitriles is 1. The minimum Gasteiger partial charge on any atom is -0.452 e. The summed E-state index contributed by atoms with van der Waals surface area (Å²) in [5.41, 5.74) is 3.58. The van der Waals surface area contributed by atoms with Crippen LogP contribution in [0.2, 0.25) is 0 Å². The van der Waals surface area contributed by atoms with Crippen LogP contribution in [0.15, 0.2) is 72.8 Å². The summed E-state index contributed by atoms with van der Waals surface area (Å²) in [7, 11) is 0. The van der Waals surface area contributed by atoms with Crippen LogP contribution in [0.5, 0.6) is 0 Å². The van der Waals surface area contributed by atoms with Gasteiger partial charge in [-0.3, -0.25) is 4.79 Å². The van der Waals surface area contributed by atoms with Gasteiger partial charge in [-0.15, -0.1) is 0 Å². The Bertz CT molecular complexity index is 1070. The van der Waals surface area contributed by atoms with E-state index in [1.54, 1.807) is 54.6 Å². The number of aryl methyl sites for hydroxylation is 1. The molecule has 3 aromatic carbocycles. The van der Waals surface area contributed by atoms with Crippen molar-refractivity contribution in [3.8, 4) is 17.2 Å². The number of benzene rings is 3. The number of para-hydroxylation sites is 1. The van der Waals surface area contributed by atoms with Gasteiger partial charge in [0, 0.05) is 11.3 Å². The summed E-state index contributed by atoms with van der Waals surface area (Å²) in [6.07, 6.45) is 0. The molecule has 0 aliphatic carbocycles. The Morgan fingerprint density at radius 3 is 2.32 bits per heavy atom. The number of carbonyl (C=O) groups excluding carboxylic acids is 2. The first-order valence-corrected chi connectivity index (χ1v) is 8.71. The fraction of sp³-hybridized carbons (Fsp3) is 0.0870. The number of carbonyl (C=O) groups is 2. The van der Waals surface area contributed by atoms with E-state index >= 15 is 0 Å². The zero-order valence-electron chi connectivity index (χ0n) is 15.3. The van der Waals surface area contributed by atoms with Crippen molar-refractivity contribution in [2.75, 3.05) is 11.9 Å². The molecule has 5 nitrogen and oxygen atoms in total. The molecule has 1 amide bonds. The van der Waals surface area contributed by atoms with Crippen LogP contribution in [0.4, 0.5) is 5.69 Å². The van der Waals surface area contributed by atoms with Gasteiger partial charge >= 0.3 is 5.97 Å². The second kappa shape index (κ2) is 8.65. The normalized spacial score (nSPS) is 10.0. The zero-order chi connectivity index (χ0) is 19.9. The number of esters is 1. The molecule has 0 unspecified atom stereocenters. The van der Waals surface area contributed by atoms with Crippen molar-refractivity contribution >= 4 is 17.6 Å². The molecule has 0 fully saturated rings. The van der Waals surface area contributed by atoms with Gasteiger partial charge in [-0.1, -0.05) is 54.6 Å². The van der Waals surface area contributed by atoms with E-state index in [0.717, 1.165) is 5.56 Å². The van der Waals surface area contributed by atoms with Crippen LogP contribution >= 0.6 is 0 Å². The fourth-order valence-corrected chi connectivity index (χ4v) is 2.82. The standard InChI is InChI=1S/C23H18N2O3/c1-16-8-2-7-13-21(16)25-22(26)15-28-23(27)20-12-6-5-11-19(20)18-10-4-3-9-17(18)14-24/h2-13H,15H2,1H3,(H,25,26). The molecule has 0 saturated carbocycles. The van der Waals surface area contributed by atoms with Gasteiger partial charge in [0.15, 0.2) is 6.61 Å². The van der Waals surface area contributed by atoms with Crippen molar-refractivity contribution in [3.05, 3.63) is 89.5 Å². The smallest absolute Gasteiger partial charge is 0.339 e. The van der Waals surface area contributed by atoms with Crippen molar-refractivity contribution in [2.24, 2.45) is 0 Å². The van der Waals surface area contributed by atoms with E-state index in [-0.39, 0.29) is 0 Å². The van der Waals surface area contributed by atoms with Crippen molar-refractivity contribution < 1.29 is 14.3 Å². The third-order valence-corrected chi connectivity index (χ3v) is 4.24. The Labute approximate surface area is 163 Å². The highest BCUT2D eigenvalue weighted by Gasteiger charge is 2.17. The third kappa shape index (κ3) is 4.25. The molecule has 0 heterocycles. The lowest BCUT2D eigenvalue weighted by molar-refractivity contribution is -0.119. The van der Waals surface area contributed by atoms with Gasteiger partial charge < -0.3 is 10.1 Å². The number of hydrogen-bond donors (Lipinski definition) is 1. The highest BCUT2D eigenvalue weighted by atomic mass is 16.5. The lowest BCUT2D eigenvalue weighted by atomic mass is 9.96. The molecular formula is C23H18N2O3. The van der Waals surface area contributed by atoms with Gasteiger partial charge in [0.1, 0.15) is 0 Å². The Balaban J connectivity index is 1.74. The van der Waals surface area contributed by atoms with E-state index in [1.807, 2.05) is 25.1 Å². The molecule has 28 heavy (non-hydrogen) atoms. The van der Waals surface area contributed by atoms with E-state index in [9.17, 15) is 14.9 Å². The fourth-order valence-electron chi connectivity index (χ4n) is 2.82. The van der Waals surface area contributed by atoms with E-state index < -0.39 is 18.5 Å². The topological polar surface area (TPSA) is 79.2 Å². The number of amides is 1. The first-order chi connectivity index (χ1) is 13.6. The summed E-state index contributed by atoms with van der Waals surface area (Å²) < 4.78 is 5.20. The second-order valence-corrected chi connectivity index (χ2v) is 6.14. The third-order valence-electron chi connectivity index (χ3n) is 4.24. The number of ether oxygens (including phenoxy) is 1. The van der Waals surface area contributed by atoms with Crippen molar-refractivity contribution in [1.82, 2.24) is 0 Å². The summed E-state index contributed by atoms with van der Waals surface area (Å²) in [6.45, 7) is 1.48. The molecule has 1 N–H and O–H groups in total. The minimum atomic E-state index is -0.622. The Hall–Kier alpha value is -3.91. The molecule has 0 aliphatic rings. The first-order valence-electron chi connectivity index (χ1n) is 8.71. The lowest BCUT2D eigenvalue weighted by Crippen LogP contribution is -2.21. The van der Waals surface area contributed by atoms with Gasteiger partial charge in [-0.05, 0) is 36.2 Å². The van der Waals surface area contributed by atoms with Gasteiger partial charge in [-0.2, -0.15) is 5.26 Å². The monoisotopic (exact) mass is 370 g/mol. The number of anilines is 1. The summed E-state index contributed by atoms with van der Waals surface area (Å²) >= 11 is 0. The Morgan fingerprint density at radius 1 is 0.929 bits per heavy atom. The molecule has 0 aromatic heterocycles. The molecular weight excluding hydrogens is 352 g/mol. The summed E-state index contributed by atoms with van der Waals surface area (Å²) in [4.78, 5) is 24.7. The quantitative estimate of drug-likeness (QED) is 0.678. The maximum absolute atomic E-state index is 12.6. The minimum absolute atomic E-state index is 0.300. The molecule has 3 rings (SSSR count). The summed E-state index contributed by atoms with van der Waals surface area (Å²) in [6, 6.07) is 23.4. The van der Waals surface area contributed by atoms with Crippen LogP contribution in [0.1, 0.15) is 21.5 Å². The number of nitrogens with zero attached hydrogens (tertiary/aromatic N) is 1. The van der Waals surface area contributed by atoms with E-state index in [0.29, 0.717) is 27.9 Å². The molecule has 0 bridgehead atoms. The maximum atomic E-state index is 12.6. The van der Waals surface area contributed by atoms with Gasteiger partial charge in [0.25, 0.3) is 5.91 Å². The average molecular weight is 370 g/mol. The first kappa shape index (κ1) is 18.9. The molecule has 0 saturated heterocycles. The van der Waals surface area contributed by atoms with E-state index in [4.69, 9.17) is 4.74 Å². The summed E-state index contributed by atoms with van der Waals surface area (Å²) in [5, 5.41) is 12.1. The largest absolute Gasteiger partial charge is 0.452 e. The van der Waals surface area contributed by atoms with Crippen LogP contribution in [0.25, 0.3) is 11.1 Å². The average Bonchev–Trinajstić information content (AvgIpc) is 2.73. The van der Waals surface area contributed by atoms with E-state index in [1.165, 1.54) is 0 Å². The van der Waals surface area contributed by atoms with Crippen molar-refractivity contribution in [3.63, 3.8) is 0 Å². The van der Waals surface area contributed by atoms with Crippen molar-refractivity contribution in [2.45, 2.75) is 6.92 Å². The van der Waals surface area contributed by atoms with Crippen LogP contribution in [-0.4, -0.2) is 18.5 Å². The molecule has 0 aliphatic heterocycles. The molecule has 138 valence electrons. The highest BCUT2D eigenvalue weighted by molar-refractivity contribution is 6.00. The van der Waals surface area contributed by atoms with Gasteiger partial charge in [0.2, 0.25) is 0 Å². The predicted octanol–water partition coefficient (Wildman–Crippen LogP) is 4.33. The van der Waals surface area contributed by atoms with Crippen LogP contribution in [0, 0.1) is 18.3 Å². The molecule has 0 spiro atoms. The summed E-state index contributed by atoms with van der Waals surface area (Å²) in [5.74, 6) is -1.04. The molecule has 3 aromatic rings. The zero-order valence-corrected chi connectivity index (χ0v) is 15.3.